The molecule has 0 radical (unpaired) electrons. The quantitative estimate of drug-likeness (QED) is 0.790. The minimum absolute atomic E-state index is 0.0823. The van der Waals surface area contributed by atoms with Crippen LogP contribution in [0.1, 0.15) is 21.5 Å². The zero-order valence-electron chi connectivity index (χ0n) is 11.7. The van der Waals surface area contributed by atoms with E-state index in [0.717, 1.165) is 16.9 Å². The Morgan fingerprint density at radius 1 is 1.21 bits per heavy atom. The molecule has 0 aliphatic carbocycles. The maximum Gasteiger partial charge on any atom is 0.317 e. The smallest absolute Gasteiger partial charge is 0.317 e. The number of rotatable bonds is 6. The molecule has 1 aromatic rings. The maximum atomic E-state index is 12.1. The van der Waals surface area contributed by atoms with Crippen LogP contribution in [0, 0.1) is 13.8 Å². The Hall–Kier alpha value is -1.88. The summed E-state index contributed by atoms with van der Waals surface area (Å²) in [6, 6.07) is 3.48. The summed E-state index contributed by atoms with van der Waals surface area (Å²) in [5.41, 5.74) is 2.40. The number of benzene rings is 1. The lowest BCUT2D eigenvalue weighted by molar-refractivity contribution is -0.137. The summed E-state index contributed by atoms with van der Waals surface area (Å²) in [7, 11) is 3.20. The van der Waals surface area contributed by atoms with Gasteiger partial charge < -0.3 is 9.84 Å². The molecule has 1 rings (SSSR count). The molecule has 5 nitrogen and oxygen atoms in total. The van der Waals surface area contributed by atoms with E-state index in [9.17, 15) is 9.59 Å². The van der Waals surface area contributed by atoms with Crippen molar-refractivity contribution in [3.8, 4) is 5.75 Å². The van der Waals surface area contributed by atoms with Crippen LogP contribution in [0.2, 0.25) is 0 Å². The van der Waals surface area contributed by atoms with Crippen molar-refractivity contribution in [1.82, 2.24) is 4.90 Å². The molecule has 0 heterocycles. The van der Waals surface area contributed by atoms with Gasteiger partial charge in [-0.2, -0.15) is 0 Å². The lowest BCUT2D eigenvalue weighted by atomic mass is 9.99. The van der Waals surface area contributed by atoms with Crippen LogP contribution >= 0.6 is 0 Å². The highest BCUT2D eigenvalue weighted by Crippen LogP contribution is 2.24. The van der Waals surface area contributed by atoms with Crippen molar-refractivity contribution in [3.63, 3.8) is 0 Å². The van der Waals surface area contributed by atoms with E-state index in [-0.39, 0.29) is 18.9 Å². The van der Waals surface area contributed by atoms with E-state index < -0.39 is 5.97 Å². The van der Waals surface area contributed by atoms with Crippen LogP contribution in [-0.4, -0.2) is 49.0 Å². The molecule has 0 aromatic heterocycles. The van der Waals surface area contributed by atoms with Crippen molar-refractivity contribution in [2.24, 2.45) is 0 Å². The van der Waals surface area contributed by atoms with E-state index in [4.69, 9.17) is 9.84 Å². The number of ketones is 1. The Kier molecular flexibility index (Phi) is 5.06. The number of ether oxygens (including phenoxy) is 1. The van der Waals surface area contributed by atoms with Gasteiger partial charge in [0.05, 0.1) is 20.2 Å². The molecule has 104 valence electrons. The standard InChI is InChI=1S/C14H19NO4/c1-9-10(2)13(19-4)6-5-11(9)12(16)7-15(3)8-14(17)18/h5-6H,7-8H2,1-4H3,(H,17,18). The third kappa shape index (κ3) is 3.79. The van der Waals surface area contributed by atoms with E-state index in [1.54, 1.807) is 26.3 Å². The van der Waals surface area contributed by atoms with Crippen LogP contribution in [0.3, 0.4) is 0 Å². The number of Topliss-reactive ketones (excluding diaryl/α,β-unsaturated/α-hetero) is 1. The van der Waals surface area contributed by atoms with Crippen molar-refractivity contribution in [3.05, 3.63) is 28.8 Å². The number of likely N-dealkylation sites (N-methyl/N-ethyl adjacent to an activating group) is 1. The van der Waals surface area contributed by atoms with Gasteiger partial charge in [-0.3, -0.25) is 14.5 Å². The van der Waals surface area contributed by atoms with E-state index >= 15 is 0 Å². The molecule has 19 heavy (non-hydrogen) atoms. The Bertz CT molecular complexity index is 496. The Morgan fingerprint density at radius 3 is 2.37 bits per heavy atom. The molecule has 1 N–H and O–H groups in total. The Labute approximate surface area is 112 Å². The first kappa shape index (κ1) is 15.2. The first-order chi connectivity index (χ1) is 8.86. The topological polar surface area (TPSA) is 66.8 Å². The zero-order chi connectivity index (χ0) is 14.6. The predicted octanol–water partition coefficient (Wildman–Crippen LogP) is 1.51. The van der Waals surface area contributed by atoms with Gasteiger partial charge in [-0.05, 0) is 44.2 Å². The monoisotopic (exact) mass is 265 g/mol. The number of hydrogen-bond donors (Lipinski definition) is 1. The number of carboxylic acid groups (broad SMARTS) is 1. The van der Waals surface area contributed by atoms with E-state index in [0.29, 0.717) is 5.56 Å². The summed E-state index contributed by atoms with van der Waals surface area (Å²) >= 11 is 0. The second-order valence-electron chi connectivity index (χ2n) is 4.55. The van der Waals surface area contributed by atoms with Crippen LogP contribution in [0.15, 0.2) is 12.1 Å². The highest BCUT2D eigenvalue weighted by Gasteiger charge is 2.16. The average molecular weight is 265 g/mol. The van der Waals surface area contributed by atoms with Gasteiger partial charge in [-0.15, -0.1) is 0 Å². The van der Waals surface area contributed by atoms with E-state index in [2.05, 4.69) is 0 Å². The molecule has 1 aromatic carbocycles. The highest BCUT2D eigenvalue weighted by atomic mass is 16.5. The number of methoxy groups -OCH3 is 1. The number of carbonyl (C=O) groups is 2. The van der Waals surface area contributed by atoms with Crippen LogP contribution < -0.4 is 4.74 Å². The summed E-state index contributed by atoms with van der Waals surface area (Å²) in [6.07, 6.45) is 0. The SMILES string of the molecule is COc1ccc(C(=O)CN(C)CC(=O)O)c(C)c1C. The molecule has 0 bridgehead atoms. The first-order valence-corrected chi connectivity index (χ1v) is 5.94. The van der Waals surface area contributed by atoms with E-state index in [1.807, 2.05) is 13.8 Å². The normalized spacial score (nSPS) is 10.6. The first-order valence-electron chi connectivity index (χ1n) is 5.94. The third-order valence-corrected chi connectivity index (χ3v) is 3.08. The summed E-state index contributed by atoms with van der Waals surface area (Å²) in [6.45, 7) is 3.69. The average Bonchev–Trinajstić information content (AvgIpc) is 2.31. The summed E-state index contributed by atoms with van der Waals surface area (Å²) in [4.78, 5) is 24.2. The van der Waals surface area contributed by atoms with Crippen LogP contribution in [-0.2, 0) is 4.79 Å². The van der Waals surface area contributed by atoms with Gasteiger partial charge in [-0.25, -0.2) is 0 Å². The second-order valence-corrected chi connectivity index (χ2v) is 4.55. The van der Waals surface area contributed by atoms with Gasteiger partial charge in [0.25, 0.3) is 0 Å². The van der Waals surface area contributed by atoms with Crippen molar-refractivity contribution in [1.29, 1.82) is 0 Å². The molecule has 0 amide bonds. The number of carboxylic acids is 1. The molecule has 0 unspecified atom stereocenters. The molecule has 0 saturated heterocycles. The van der Waals surface area contributed by atoms with Crippen molar-refractivity contribution < 1.29 is 19.4 Å². The van der Waals surface area contributed by atoms with Crippen LogP contribution in [0.25, 0.3) is 0 Å². The fourth-order valence-electron chi connectivity index (χ4n) is 1.94. The van der Waals surface area contributed by atoms with Crippen LogP contribution in [0.5, 0.6) is 5.75 Å². The van der Waals surface area contributed by atoms with Gasteiger partial charge in [0.2, 0.25) is 0 Å². The van der Waals surface area contributed by atoms with Crippen molar-refractivity contribution >= 4 is 11.8 Å². The second kappa shape index (κ2) is 6.33. The molecular formula is C14H19NO4. The number of carbonyl (C=O) groups excluding carboxylic acids is 1. The van der Waals surface area contributed by atoms with Crippen molar-refractivity contribution in [2.75, 3.05) is 27.2 Å². The molecule has 0 saturated carbocycles. The Balaban J connectivity index is 2.89. The number of aliphatic carboxylic acids is 1. The fourth-order valence-corrected chi connectivity index (χ4v) is 1.94. The molecule has 0 aliphatic rings. The molecule has 5 heteroatoms. The van der Waals surface area contributed by atoms with Gasteiger partial charge in [0.1, 0.15) is 5.75 Å². The summed E-state index contributed by atoms with van der Waals surface area (Å²) in [5, 5.41) is 8.66. The maximum absolute atomic E-state index is 12.1. The molecule has 0 aliphatic heterocycles. The predicted molar refractivity (Wildman–Crippen MR) is 71.9 cm³/mol. The van der Waals surface area contributed by atoms with Gasteiger partial charge in [0, 0.05) is 5.56 Å². The summed E-state index contributed by atoms with van der Waals surface area (Å²) < 4.78 is 5.19. The summed E-state index contributed by atoms with van der Waals surface area (Å²) in [5.74, 6) is -0.294. The minimum Gasteiger partial charge on any atom is -0.496 e. The third-order valence-electron chi connectivity index (χ3n) is 3.08. The van der Waals surface area contributed by atoms with Gasteiger partial charge in [0.15, 0.2) is 5.78 Å². The molecule has 0 spiro atoms. The van der Waals surface area contributed by atoms with Crippen LogP contribution in [0.4, 0.5) is 0 Å². The molecule has 0 atom stereocenters. The van der Waals surface area contributed by atoms with Gasteiger partial charge >= 0.3 is 5.97 Å². The Morgan fingerprint density at radius 2 is 1.84 bits per heavy atom. The minimum atomic E-state index is -0.946. The fraction of sp³-hybridized carbons (Fsp3) is 0.429. The number of hydrogen-bond acceptors (Lipinski definition) is 4. The molecular weight excluding hydrogens is 246 g/mol. The lowest BCUT2D eigenvalue weighted by Gasteiger charge is -2.15. The van der Waals surface area contributed by atoms with E-state index in [1.165, 1.54) is 4.90 Å². The lowest BCUT2D eigenvalue weighted by Crippen LogP contribution is -2.31. The number of nitrogens with zero attached hydrogens (tertiary/aromatic N) is 1. The largest absolute Gasteiger partial charge is 0.496 e. The molecule has 0 fully saturated rings. The van der Waals surface area contributed by atoms with Gasteiger partial charge in [-0.1, -0.05) is 0 Å². The zero-order valence-corrected chi connectivity index (χ0v) is 11.7. The van der Waals surface area contributed by atoms with Crippen molar-refractivity contribution in [2.45, 2.75) is 13.8 Å². The highest BCUT2D eigenvalue weighted by molar-refractivity contribution is 5.99.